The van der Waals surface area contributed by atoms with Crippen LogP contribution in [0.5, 0.6) is 0 Å². The van der Waals surface area contributed by atoms with Crippen molar-refractivity contribution in [2.75, 3.05) is 18.0 Å². The summed E-state index contributed by atoms with van der Waals surface area (Å²) in [6.07, 6.45) is 3.72. The second-order valence-electron chi connectivity index (χ2n) is 13.0. The minimum Gasteiger partial charge on any atom is -0.444 e. The molecule has 0 spiro atoms. The number of hydrogen-bond donors (Lipinski definition) is 1. The second-order valence-corrected chi connectivity index (χ2v) is 13.0. The summed E-state index contributed by atoms with van der Waals surface area (Å²) in [5, 5.41) is 2.78. The number of aromatic nitrogens is 2. The first-order chi connectivity index (χ1) is 17.4. The average molecular weight is 532 g/mol. The van der Waals surface area contributed by atoms with Crippen LogP contribution in [0, 0.1) is 5.92 Å². The highest BCUT2D eigenvalue weighted by Crippen LogP contribution is 2.36. The number of ether oxygens (including phenoxy) is 1. The SMILES string of the molecule is CC(C)C(NC(=O)OC(C)(C)C)C(=O)N1CC[C@@H](N(c2ncc(B3OC(C)(C)C(C)(C)O3)cn2)C(C)C)C1. The Morgan fingerprint density at radius 1 is 1.11 bits per heavy atom. The number of rotatable bonds is 7. The highest BCUT2D eigenvalue weighted by molar-refractivity contribution is 6.61. The standard InChI is InChI=1S/C27H46BN5O5/c1-17(2)21(31-24(35)36-25(5,6)7)22(34)32-13-12-20(16-32)33(18(3)4)23-29-14-19(15-30-23)28-37-26(8,9)27(10,11)38-28/h14-15,17-18,20-21H,12-13,16H2,1-11H3,(H,31,35)/t20-,21?/m1/s1. The number of amides is 2. The van der Waals surface area contributed by atoms with Crippen molar-refractivity contribution in [1.82, 2.24) is 20.2 Å². The molecule has 0 radical (unpaired) electrons. The van der Waals surface area contributed by atoms with Gasteiger partial charge in [-0.1, -0.05) is 13.8 Å². The van der Waals surface area contributed by atoms with E-state index in [0.29, 0.717) is 19.0 Å². The van der Waals surface area contributed by atoms with Crippen molar-refractivity contribution in [3.8, 4) is 0 Å². The van der Waals surface area contributed by atoms with Gasteiger partial charge in [0.2, 0.25) is 11.9 Å². The van der Waals surface area contributed by atoms with Crippen molar-refractivity contribution in [2.24, 2.45) is 5.92 Å². The summed E-state index contributed by atoms with van der Waals surface area (Å²) in [5.41, 5.74) is -0.741. The Morgan fingerprint density at radius 2 is 1.66 bits per heavy atom. The van der Waals surface area contributed by atoms with Crippen LogP contribution < -0.4 is 15.7 Å². The van der Waals surface area contributed by atoms with Crippen LogP contribution in [-0.2, 0) is 18.8 Å². The van der Waals surface area contributed by atoms with Crippen LogP contribution in [0.3, 0.4) is 0 Å². The van der Waals surface area contributed by atoms with Gasteiger partial charge in [-0.2, -0.15) is 0 Å². The molecule has 2 amide bonds. The van der Waals surface area contributed by atoms with Crippen molar-refractivity contribution in [3.05, 3.63) is 12.4 Å². The third-order valence-electron chi connectivity index (χ3n) is 7.44. The lowest BCUT2D eigenvalue weighted by atomic mass is 9.81. The van der Waals surface area contributed by atoms with Crippen molar-refractivity contribution >= 4 is 30.5 Å². The van der Waals surface area contributed by atoms with Crippen molar-refractivity contribution in [2.45, 2.75) is 118 Å². The second kappa shape index (κ2) is 11.0. The number of hydrogen-bond acceptors (Lipinski definition) is 8. The summed E-state index contributed by atoms with van der Waals surface area (Å²) < 4.78 is 17.7. The highest BCUT2D eigenvalue weighted by atomic mass is 16.7. The van der Waals surface area contributed by atoms with Gasteiger partial charge in [0.25, 0.3) is 0 Å². The molecular formula is C27H46BN5O5. The first-order valence-corrected chi connectivity index (χ1v) is 13.7. The van der Waals surface area contributed by atoms with Crippen molar-refractivity contribution in [3.63, 3.8) is 0 Å². The first-order valence-electron chi connectivity index (χ1n) is 13.7. The van der Waals surface area contributed by atoms with Crippen LogP contribution in [-0.4, -0.2) is 82.0 Å². The number of likely N-dealkylation sites (tertiary alicyclic amines) is 1. The average Bonchev–Trinajstić information content (AvgIpc) is 3.32. The largest absolute Gasteiger partial charge is 0.498 e. The van der Waals surface area contributed by atoms with E-state index in [0.717, 1.165) is 11.9 Å². The molecule has 2 aliphatic heterocycles. The fraction of sp³-hybridized carbons (Fsp3) is 0.778. The summed E-state index contributed by atoms with van der Waals surface area (Å²) in [6.45, 7) is 22.6. The Bertz CT molecular complexity index is 977. The minimum atomic E-state index is -0.661. The van der Waals surface area contributed by atoms with E-state index in [9.17, 15) is 9.59 Å². The van der Waals surface area contributed by atoms with E-state index < -0.39 is 36.1 Å². The Hall–Kier alpha value is -2.40. The normalized spacial score (nSPS) is 21.7. The number of nitrogens with zero attached hydrogens (tertiary/aromatic N) is 4. The lowest BCUT2D eigenvalue weighted by Gasteiger charge is -2.33. The maximum atomic E-state index is 13.4. The quantitative estimate of drug-likeness (QED) is 0.535. The molecule has 1 aromatic heterocycles. The highest BCUT2D eigenvalue weighted by Gasteiger charge is 2.52. The molecule has 212 valence electrons. The topological polar surface area (TPSA) is 106 Å². The predicted molar refractivity (Wildman–Crippen MR) is 148 cm³/mol. The zero-order valence-corrected chi connectivity index (χ0v) is 25.0. The lowest BCUT2D eigenvalue weighted by Crippen LogP contribution is -2.52. The summed E-state index contributed by atoms with van der Waals surface area (Å²) in [7, 11) is -0.522. The smallest absolute Gasteiger partial charge is 0.444 e. The molecule has 0 bridgehead atoms. The van der Waals surface area contributed by atoms with E-state index in [1.54, 1.807) is 33.2 Å². The van der Waals surface area contributed by atoms with Gasteiger partial charge in [-0.05, 0) is 74.7 Å². The predicted octanol–water partition coefficient (Wildman–Crippen LogP) is 3.14. The molecule has 11 heteroatoms. The summed E-state index contributed by atoms with van der Waals surface area (Å²) in [5.74, 6) is 0.419. The van der Waals surface area contributed by atoms with Crippen molar-refractivity contribution in [1.29, 1.82) is 0 Å². The fourth-order valence-electron chi connectivity index (χ4n) is 4.70. The Balaban J connectivity index is 1.70. The van der Waals surface area contributed by atoms with Crippen LogP contribution in [0.4, 0.5) is 10.7 Å². The molecule has 1 unspecified atom stereocenters. The molecule has 1 N–H and O–H groups in total. The summed E-state index contributed by atoms with van der Waals surface area (Å²) >= 11 is 0. The van der Waals surface area contributed by atoms with Gasteiger partial charge >= 0.3 is 13.2 Å². The van der Waals surface area contributed by atoms with E-state index in [4.69, 9.17) is 14.0 Å². The third-order valence-corrected chi connectivity index (χ3v) is 7.44. The van der Waals surface area contributed by atoms with Crippen LogP contribution in [0.1, 0.15) is 82.6 Å². The molecule has 38 heavy (non-hydrogen) atoms. The molecule has 0 aromatic carbocycles. The number of anilines is 1. The first kappa shape index (κ1) is 30.2. The van der Waals surface area contributed by atoms with Crippen LogP contribution in [0.15, 0.2) is 12.4 Å². The molecule has 0 saturated carbocycles. The van der Waals surface area contributed by atoms with Gasteiger partial charge in [-0.25, -0.2) is 14.8 Å². The van der Waals surface area contributed by atoms with Gasteiger partial charge in [0.1, 0.15) is 11.6 Å². The number of alkyl carbamates (subject to hydrolysis) is 1. The zero-order chi connectivity index (χ0) is 28.6. The summed E-state index contributed by atoms with van der Waals surface area (Å²) in [6, 6.07) is -0.485. The van der Waals surface area contributed by atoms with Crippen molar-refractivity contribution < 1.29 is 23.6 Å². The molecule has 0 aliphatic carbocycles. The molecule has 2 saturated heterocycles. The van der Waals surface area contributed by atoms with Crippen LogP contribution >= 0.6 is 0 Å². The molecule has 3 heterocycles. The van der Waals surface area contributed by atoms with E-state index in [1.807, 2.05) is 46.4 Å². The van der Waals surface area contributed by atoms with Gasteiger partial charge in [0.15, 0.2) is 0 Å². The van der Waals surface area contributed by atoms with Gasteiger partial charge in [-0.15, -0.1) is 0 Å². The minimum absolute atomic E-state index is 0.0518. The maximum Gasteiger partial charge on any atom is 0.498 e. The van der Waals surface area contributed by atoms with E-state index >= 15 is 0 Å². The number of nitrogens with one attached hydrogen (secondary N) is 1. The fourth-order valence-corrected chi connectivity index (χ4v) is 4.70. The van der Waals surface area contributed by atoms with E-state index in [-0.39, 0.29) is 23.9 Å². The molecule has 2 aliphatic rings. The van der Waals surface area contributed by atoms with Gasteiger partial charge in [0, 0.05) is 37.0 Å². The molecule has 3 rings (SSSR count). The maximum absolute atomic E-state index is 13.4. The molecular weight excluding hydrogens is 485 g/mol. The monoisotopic (exact) mass is 531 g/mol. The van der Waals surface area contributed by atoms with E-state index in [1.165, 1.54) is 0 Å². The Kier molecular flexibility index (Phi) is 8.73. The third kappa shape index (κ3) is 6.78. The van der Waals surface area contributed by atoms with Gasteiger partial charge in [-0.3, -0.25) is 4.79 Å². The number of carbonyl (C=O) groups is 2. The van der Waals surface area contributed by atoms with E-state index in [2.05, 4.69) is 34.0 Å². The lowest BCUT2D eigenvalue weighted by molar-refractivity contribution is -0.133. The van der Waals surface area contributed by atoms with Gasteiger partial charge < -0.3 is 29.2 Å². The summed E-state index contributed by atoms with van der Waals surface area (Å²) in [4.78, 5) is 39.1. The van der Waals surface area contributed by atoms with Crippen LogP contribution in [0.25, 0.3) is 0 Å². The molecule has 1 aromatic rings. The Labute approximate surface area is 228 Å². The Morgan fingerprint density at radius 3 is 2.13 bits per heavy atom. The van der Waals surface area contributed by atoms with Crippen LogP contribution in [0.2, 0.25) is 0 Å². The molecule has 10 nitrogen and oxygen atoms in total. The van der Waals surface area contributed by atoms with Gasteiger partial charge in [0.05, 0.1) is 17.2 Å². The molecule has 2 fully saturated rings. The zero-order valence-electron chi connectivity index (χ0n) is 25.0. The number of carbonyl (C=O) groups excluding carboxylic acids is 2. The molecule has 2 atom stereocenters.